The number of nitrogens with zero attached hydrogens (tertiary/aromatic N) is 2. The normalized spacial score (nSPS) is 23.4. The van der Waals surface area contributed by atoms with Crippen LogP contribution in [0.3, 0.4) is 0 Å². The molecule has 0 bridgehead atoms. The first kappa shape index (κ1) is 11.5. The predicted octanol–water partition coefficient (Wildman–Crippen LogP) is 1.86. The smallest absolute Gasteiger partial charge is 0.308 e. The first-order valence-corrected chi connectivity index (χ1v) is 5.63. The monoisotopic (exact) mass is 230 g/mol. The highest BCUT2D eigenvalue weighted by Crippen LogP contribution is 2.30. The molecule has 1 aliphatic heterocycles. The van der Waals surface area contributed by atoms with Crippen LogP contribution in [0.5, 0.6) is 0 Å². The van der Waals surface area contributed by atoms with Crippen molar-refractivity contribution >= 4 is 11.7 Å². The van der Waals surface area contributed by atoms with Crippen LogP contribution in [-0.2, 0) is 4.79 Å². The van der Waals surface area contributed by atoms with Gasteiger partial charge in [-0.15, -0.1) is 0 Å². The molecule has 1 saturated heterocycles. The Bertz CT molecular complexity index is 479. The second-order valence-corrected chi connectivity index (χ2v) is 4.33. The maximum Gasteiger partial charge on any atom is 0.308 e. The molecule has 0 aliphatic carbocycles. The summed E-state index contributed by atoms with van der Waals surface area (Å²) >= 11 is 0. The molecule has 0 aromatic heterocycles. The molecule has 1 fully saturated rings. The molecule has 17 heavy (non-hydrogen) atoms. The van der Waals surface area contributed by atoms with E-state index >= 15 is 0 Å². The molecule has 1 heterocycles. The summed E-state index contributed by atoms with van der Waals surface area (Å²) < 4.78 is 0. The van der Waals surface area contributed by atoms with Crippen molar-refractivity contribution in [1.82, 2.24) is 0 Å². The van der Waals surface area contributed by atoms with Crippen molar-refractivity contribution in [2.45, 2.75) is 19.4 Å². The third kappa shape index (κ3) is 2.09. The van der Waals surface area contributed by atoms with Gasteiger partial charge < -0.3 is 10.0 Å². The van der Waals surface area contributed by atoms with E-state index in [1.54, 1.807) is 12.1 Å². The summed E-state index contributed by atoms with van der Waals surface area (Å²) in [7, 11) is 0. The van der Waals surface area contributed by atoms with E-state index < -0.39 is 5.97 Å². The van der Waals surface area contributed by atoms with Gasteiger partial charge in [0.2, 0.25) is 0 Å². The van der Waals surface area contributed by atoms with Gasteiger partial charge in [0.15, 0.2) is 0 Å². The van der Waals surface area contributed by atoms with Crippen LogP contribution >= 0.6 is 0 Å². The molecule has 1 aromatic carbocycles. The van der Waals surface area contributed by atoms with Gasteiger partial charge in [-0.05, 0) is 31.5 Å². The summed E-state index contributed by atoms with van der Waals surface area (Å²) in [6.07, 6.45) is 0.660. The number of carbonyl (C=O) groups is 1. The molecule has 1 N–H and O–H groups in total. The highest BCUT2D eigenvalue weighted by atomic mass is 16.4. The van der Waals surface area contributed by atoms with Crippen molar-refractivity contribution in [3.8, 4) is 6.07 Å². The fourth-order valence-electron chi connectivity index (χ4n) is 2.39. The van der Waals surface area contributed by atoms with Gasteiger partial charge in [-0.25, -0.2) is 0 Å². The van der Waals surface area contributed by atoms with Crippen LogP contribution in [-0.4, -0.2) is 23.7 Å². The van der Waals surface area contributed by atoms with Crippen LogP contribution in [0.15, 0.2) is 24.3 Å². The molecule has 2 rings (SSSR count). The standard InChI is InChI=1S/C13H14N2O2/c1-9-12(13(16)17)5-6-15(9)11-4-2-3-10(7-11)8-14/h2-4,7,9,12H,5-6H2,1H3,(H,16,17). The maximum absolute atomic E-state index is 11.0. The number of carboxylic acids is 1. The van der Waals surface area contributed by atoms with Gasteiger partial charge in [0.05, 0.1) is 17.6 Å². The minimum Gasteiger partial charge on any atom is -0.481 e. The summed E-state index contributed by atoms with van der Waals surface area (Å²) in [4.78, 5) is 13.1. The van der Waals surface area contributed by atoms with E-state index in [9.17, 15) is 4.79 Å². The molecule has 0 saturated carbocycles. The lowest BCUT2D eigenvalue weighted by Gasteiger charge is -2.25. The summed E-state index contributed by atoms with van der Waals surface area (Å²) in [5.41, 5.74) is 1.54. The third-order valence-electron chi connectivity index (χ3n) is 3.38. The van der Waals surface area contributed by atoms with Gasteiger partial charge in [0.25, 0.3) is 0 Å². The van der Waals surface area contributed by atoms with Gasteiger partial charge >= 0.3 is 5.97 Å². The lowest BCUT2D eigenvalue weighted by atomic mass is 10.0. The van der Waals surface area contributed by atoms with Crippen LogP contribution in [0, 0.1) is 17.2 Å². The Hall–Kier alpha value is -2.02. The molecule has 2 unspecified atom stereocenters. The lowest BCUT2D eigenvalue weighted by Crippen LogP contribution is -2.32. The van der Waals surface area contributed by atoms with Gasteiger partial charge in [-0.3, -0.25) is 4.79 Å². The molecule has 2 atom stereocenters. The molecule has 1 aromatic rings. The Balaban J connectivity index is 2.24. The van der Waals surface area contributed by atoms with Crippen molar-refractivity contribution in [2.75, 3.05) is 11.4 Å². The average Bonchev–Trinajstić information content (AvgIpc) is 2.71. The Morgan fingerprint density at radius 1 is 1.59 bits per heavy atom. The van der Waals surface area contributed by atoms with E-state index in [1.807, 2.05) is 19.1 Å². The molecule has 88 valence electrons. The number of hydrogen-bond acceptors (Lipinski definition) is 3. The fourth-order valence-corrected chi connectivity index (χ4v) is 2.39. The summed E-state index contributed by atoms with van der Waals surface area (Å²) in [6, 6.07) is 9.37. The van der Waals surface area contributed by atoms with Crippen LogP contribution in [0.1, 0.15) is 18.9 Å². The second-order valence-electron chi connectivity index (χ2n) is 4.33. The number of anilines is 1. The van der Waals surface area contributed by atoms with Gasteiger partial charge in [0.1, 0.15) is 0 Å². The zero-order valence-electron chi connectivity index (χ0n) is 9.63. The molecule has 1 aliphatic rings. The molecule has 0 spiro atoms. The average molecular weight is 230 g/mol. The SMILES string of the molecule is CC1C(C(=O)O)CCN1c1cccc(C#N)c1. The zero-order valence-corrected chi connectivity index (χ0v) is 9.63. The first-order valence-electron chi connectivity index (χ1n) is 5.63. The number of aliphatic carboxylic acids is 1. The summed E-state index contributed by atoms with van der Waals surface area (Å²) in [6.45, 7) is 2.65. The quantitative estimate of drug-likeness (QED) is 0.842. The Morgan fingerprint density at radius 2 is 2.35 bits per heavy atom. The Morgan fingerprint density at radius 3 is 2.94 bits per heavy atom. The van der Waals surface area contributed by atoms with E-state index in [0.717, 1.165) is 12.2 Å². The predicted molar refractivity (Wildman–Crippen MR) is 63.7 cm³/mol. The summed E-state index contributed by atoms with van der Waals surface area (Å²) in [5.74, 6) is -1.06. The highest BCUT2D eigenvalue weighted by molar-refractivity contribution is 5.73. The van der Waals surface area contributed by atoms with Crippen molar-refractivity contribution in [3.63, 3.8) is 0 Å². The van der Waals surface area contributed by atoms with E-state index in [0.29, 0.717) is 12.0 Å². The molecular weight excluding hydrogens is 216 g/mol. The Labute approximate surface area is 100 Å². The number of rotatable bonds is 2. The van der Waals surface area contributed by atoms with Crippen molar-refractivity contribution in [1.29, 1.82) is 5.26 Å². The molecular formula is C13H14N2O2. The van der Waals surface area contributed by atoms with Gasteiger partial charge in [-0.2, -0.15) is 5.26 Å². The highest BCUT2D eigenvalue weighted by Gasteiger charge is 2.35. The van der Waals surface area contributed by atoms with Crippen LogP contribution < -0.4 is 4.90 Å². The fraction of sp³-hybridized carbons (Fsp3) is 0.385. The Kier molecular flexibility index (Phi) is 3.01. The third-order valence-corrected chi connectivity index (χ3v) is 3.38. The van der Waals surface area contributed by atoms with Crippen LogP contribution in [0.4, 0.5) is 5.69 Å². The number of hydrogen-bond donors (Lipinski definition) is 1. The number of carboxylic acid groups (broad SMARTS) is 1. The van der Waals surface area contributed by atoms with E-state index in [4.69, 9.17) is 10.4 Å². The van der Waals surface area contributed by atoms with Gasteiger partial charge in [-0.1, -0.05) is 6.07 Å². The second kappa shape index (κ2) is 4.46. The minimum absolute atomic E-state index is 0.0264. The number of benzene rings is 1. The van der Waals surface area contributed by atoms with Crippen molar-refractivity contribution < 1.29 is 9.90 Å². The molecule has 4 heteroatoms. The number of nitriles is 1. The largest absolute Gasteiger partial charge is 0.481 e. The topological polar surface area (TPSA) is 64.3 Å². The molecule has 4 nitrogen and oxygen atoms in total. The maximum atomic E-state index is 11.0. The van der Waals surface area contributed by atoms with E-state index in [-0.39, 0.29) is 12.0 Å². The van der Waals surface area contributed by atoms with Crippen LogP contribution in [0.25, 0.3) is 0 Å². The summed E-state index contributed by atoms with van der Waals surface area (Å²) in [5, 5.41) is 17.9. The molecule has 0 amide bonds. The zero-order chi connectivity index (χ0) is 12.4. The van der Waals surface area contributed by atoms with E-state index in [2.05, 4.69) is 11.0 Å². The van der Waals surface area contributed by atoms with Crippen molar-refractivity contribution in [2.24, 2.45) is 5.92 Å². The van der Waals surface area contributed by atoms with E-state index in [1.165, 1.54) is 0 Å². The molecule has 0 radical (unpaired) electrons. The minimum atomic E-state index is -0.739. The lowest BCUT2D eigenvalue weighted by molar-refractivity contribution is -0.141. The van der Waals surface area contributed by atoms with Gasteiger partial charge in [0, 0.05) is 18.3 Å². The first-order chi connectivity index (χ1) is 8.13. The van der Waals surface area contributed by atoms with Crippen molar-refractivity contribution in [3.05, 3.63) is 29.8 Å². The van der Waals surface area contributed by atoms with Crippen LogP contribution in [0.2, 0.25) is 0 Å².